The minimum absolute atomic E-state index is 0.0509. The highest BCUT2D eigenvalue weighted by atomic mass is 19.1. The molecule has 3 amide bonds. The highest BCUT2D eigenvalue weighted by Gasteiger charge is 2.28. The van der Waals surface area contributed by atoms with Crippen LogP contribution in [0.4, 0.5) is 14.9 Å². The summed E-state index contributed by atoms with van der Waals surface area (Å²) in [5.41, 5.74) is 1.74. The summed E-state index contributed by atoms with van der Waals surface area (Å²) < 4.78 is 12.9. The van der Waals surface area contributed by atoms with Gasteiger partial charge in [0.2, 0.25) is 5.91 Å². The predicted octanol–water partition coefficient (Wildman–Crippen LogP) is 3.43. The number of carbonyl (C=O) groups is 2. The summed E-state index contributed by atoms with van der Waals surface area (Å²) in [6.07, 6.45) is 2.22. The number of rotatable bonds is 5. The topological polar surface area (TPSA) is 61.4 Å². The molecule has 142 valence electrons. The molecule has 5 nitrogen and oxygen atoms in total. The summed E-state index contributed by atoms with van der Waals surface area (Å²) in [6.45, 7) is 1.54. The van der Waals surface area contributed by atoms with Crippen molar-refractivity contribution in [2.24, 2.45) is 5.92 Å². The Labute approximate surface area is 158 Å². The molecule has 1 aliphatic rings. The molecule has 1 saturated heterocycles. The van der Waals surface area contributed by atoms with Crippen molar-refractivity contribution < 1.29 is 14.0 Å². The fourth-order valence-electron chi connectivity index (χ4n) is 3.22. The van der Waals surface area contributed by atoms with Crippen molar-refractivity contribution in [3.63, 3.8) is 0 Å². The Bertz CT molecular complexity index is 765. The van der Waals surface area contributed by atoms with Gasteiger partial charge in [0.15, 0.2) is 0 Å². The van der Waals surface area contributed by atoms with E-state index in [0.717, 1.165) is 24.1 Å². The fraction of sp³-hybridized carbons (Fsp3) is 0.333. The number of nitrogens with one attached hydrogen (secondary N) is 2. The first-order valence-corrected chi connectivity index (χ1v) is 9.25. The number of nitrogens with zero attached hydrogens (tertiary/aromatic N) is 1. The van der Waals surface area contributed by atoms with Crippen molar-refractivity contribution in [1.82, 2.24) is 10.2 Å². The van der Waals surface area contributed by atoms with Crippen molar-refractivity contribution in [3.8, 4) is 0 Å². The lowest BCUT2D eigenvalue weighted by atomic mass is 9.97. The van der Waals surface area contributed by atoms with Gasteiger partial charge in [-0.3, -0.25) is 4.79 Å². The monoisotopic (exact) mass is 369 g/mol. The number of benzene rings is 2. The number of piperidine rings is 1. The van der Waals surface area contributed by atoms with Gasteiger partial charge in [-0.05, 0) is 49.1 Å². The first-order valence-electron chi connectivity index (χ1n) is 9.25. The quantitative estimate of drug-likeness (QED) is 0.848. The lowest BCUT2D eigenvalue weighted by Gasteiger charge is -2.32. The van der Waals surface area contributed by atoms with E-state index in [9.17, 15) is 14.0 Å². The predicted molar refractivity (Wildman–Crippen MR) is 103 cm³/mol. The molecule has 0 saturated carbocycles. The normalized spacial score (nSPS) is 16.6. The van der Waals surface area contributed by atoms with E-state index >= 15 is 0 Å². The van der Waals surface area contributed by atoms with E-state index in [2.05, 4.69) is 10.6 Å². The summed E-state index contributed by atoms with van der Waals surface area (Å²) in [4.78, 5) is 26.6. The van der Waals surface area contributed by atoms with Gasteiger partial charge in [0.05, 0.1) is 5.92 Å². The molecule has 1 heterocycles. The smallest absolute Gasteiger partial charge is 0.317 e. The molecule has 3 rings (SSSR count). The zero-order chi connectivity index (χ0) is 19.1. The van der Waals surface area contributed by atoms with Crippen LogP contribution in [-0.2, 0) is 11.2 Å². The van der Waals surface area contributed by atoms with Gasteiger partial charge in [0.1, 0.15) is 5.82 Å². The Balaban J connectivity index is 1.46. The minimum Gasteiger partial charge on any atom is -0.338 e. The van der Waals surface area contributed by atoms with Crippen molar-refractivity contribution in [1.29, 1.82) is 0 Å². The van der Waals surface area contributed by atoms with E-state index in [0.29, 0.717) is 26.1 Å². The molecule has 2 aromatic carbocycles. The molecule has 6 heteroatoms. The third kappa shape index (κ3) is 5.54. The largest absolute Gasteiger partial charge is 0.338 e. The Morgan fingerprint density at radius 3 is 2.56 bits per heavy atom. The number of urea groups is 1. The summed E-state index contributed by atoms with van der Waals surface area (Å²) in [6, 6.07) is 15.4. The molecule has 2 N–H and O–H groups in total. The van der Waals surface area contributed by atoms with Crippen LogP contribution in [0.1, 0.15) is 18.4 Å². The number of hydrogen-bond acceptors (Lipinski definition) is 2. The van der Waals surface area contributed by atoms with Gasteiger partial charge in [-0.15, -0.1) is 0 Å². The zero-order valence-corrected chi connectivity index (χ0v) is 15.2. The lowest BCUT2D eigenvalue weighted by molar-refractivity contribution is -0.121. The van der Waals surface area contributed by atoms with Crippen LogP contribution in [0, 0.1) is 11.7 Å². The van der Waals surface area contributed by atoms with Crippen LogP contribution < -0.4 is 10.6 Å². The Kier molecular flexibility index (Phi) is 6.41. The Morgan fingerprint density at radius 1 is 1.07 bits per heavy atom. The molecule has 27 heavy (non-hydrogen) atoms. The summed E-state index contributed by atoms with van der Waals surface area (Å²) in [5.74, 6) is -0.525. The second-order valence-corrected chi connectivity index (χ2v) is 6.75. The molecule has 1 atom stereocenters. The van der Waals surface area contributed by atoms with Crippen LogP contribution in [0.3, 0.4) is 0 Å². The average Bonchev–Trinajstić information content (AvgIpc) is 2.70. The number of amides is 3. The molecular weight excluding hydrogens is 345 g/mol. The van der Waals surface area contributed by atoms with Gasteiger partial charge in [-0.25, -0.2) is 9.18 Å². The van der Waals surface area contributed by atoms with Crippen LogP contribution >= 0.6 is 0 Å². The van der Waals surface area contributed by atoms with E-state index < -0.39 is 0 Å². The van der Waals surface area contributed by atoms with Crippen LogP contribution in [0.2, 0.25) is 0 Å². The summed E-state index contributed by atoms with van der Waals surface area (Å²) >= 11 is 0. The molecule has 1 unspecified atom stereocenters. The lowest BCUT2D eigenvalue weighted by Crippen LogP contribution is -2.48. The van der Waals surface area contributed by atoms with Gasteiger partial charge < -0.3 is 15.5 Å². The maximum atomic E-state index is 12.9. The zero-order valence-electron chi connectivity index (χ0n) is 15.2. The van der Waals surface area contributed by atoms with Crippen LogP contribution in [0.25, 0.3) is 0 Å². The van der Waals surface area contributed by atoms with Crippen LogP contribution in [0.5, 0.6) is 0 Å². The van der Waals surface area contributed by atoms with Gasteiger partial charge in [-0.2, -0.15) is 0 Å². The van der Waals surface area contributed by atoms with E-state index in [1.54, 1.807) is 17.0 Å². The molecule has 1 fully saturated rings. The highest BCUT2D eigenvalue weighted by Crippen LogP contribution is 2.19. The molecule has 0 bridgehead atoms. The minimum atomic E-state index is -0.268. The second-order valence-electron chi connectivity index (χ2n) is 6.75. The van der Waals surface area contributed by atoms with Crippen molar-refractivity contribution in [2.75, 3.05) is 25.0 Å². The Morgan fingerprint density at radius 2 is 1.81 bits per heavy atom. The van der Waals surface area contributed by atoms with Gasteiger partial charge in [0, 0.05) is 25.3 Å². The summed E-state index contributed by atoms with van der Waals surface area (Å²) in [7, 11) is 0. The number of halogens is 1. The highest BCUT2D eigenvalue weighted by molar-refractivity contribution is 5.93. The van der Waals surface area contributed by atoms with Gasteiger partial charge >= 0.3 is 6.03 Å². The van der Waals surface area contributed by atoms with Crippen molar-refractivity contribution >= 4 is 17.6 Å². The first-order chi connectivity index (χ1) is 13.1. The number of likely N-dealkylation sites (tertiary alicyclic amines) is 1. The maximum Gasteiger partial charge on any atom is 0.317 e. The number of anilines is 1. The van der Waals surface area contributed by atoms with Gasteiger partial charge in [0.25, 0.3) is 0 Å². The first kappa shape index (κ1) is 18.9. The van der Waals surface area contributed by atoms with Gasteiger partial charge in [-0.1, -0.05) is 30.3 Å². The molecule has 2 aromatic rings. The standard InChI is InChI=1S/C21H24FN3O2/c22-18-10-8-16(9-11-18)12-13-23-21(27)25-14-4-5-17(15-25)20(26)24-19-6-2-1-3-7-19/h1-3,6-11,17H,4-5,12-15H2,(H,23,27)(H,24,26). The van der Waals surface area contributed by atoms with E-state index in [-0.39, 0.29) is 23.7 Å². The fourth-order valence-corrected chi connectivity index (χ4v) is 3.22. The van der Waals surface area contributed by atoms with Crippen molar-refractivity contribution in [3.05, 3.63) is 66.0 Å². The maximum absolute atomic E-state index is 12.9. The second kappa shape index (κ2) is 9.16. The van der Waals surface area contributed by atoms with Crippen molar-refractivity contribution in [2.45, 2.75) is 19.3 Å². The number of para-hydroxylation sites is 1. The summed E-state index contributed by atoms with van der Waals surface area (Å²) in [5, 5.41) is 5.80. The van der Waals surface area contributed by atoms with E-state index in [1.165, 1.54) is 12.1 Å². The average molecular weight is 369 g/mol. The number of hydrogen-bond donors (Lipinski definition) is 2. The third-order valence-electron chi connectivity index (χ3n) is 4.72. The van der Waals surface area contributed by atoms with Crippen LogP contribution in [0.15, 0.2) is 54.6 Å². The third-order valence-corrected chi connectivity index (χ3v) is 4.72. The van der Waals surface area contributed by atoms with Crippen LogP contribution in [-0.4, -0.2) is 36.5 Å². The molecule has 0 spiro atoms. The SMILES string of the molecule is O=C(Nc1ccccc1)C1CCCN(C(=O)NCCc2ccc(F)cc2)C1. The van der Waals surface area contributed by atoms with E-state index in [1.807, 2.05) is 30.3 Å². The Hall–Kier alpha value is -2.89. The molecule has 0 radical (unpaired) electrons. The molecule has 0 aromatic heterocycles. The number of carbonyl (C=O) groups excluding carboxylic acids is 2. The van der Waals surface area contributed by atoms with E-state index in [4.69, 9.17) is 0 Å². The molecule has 0 aliphatic carbocycles. The molecule has 1 aliphatic heterocycles. The molecular formula is C21H24FN3O2.